The van der Waals surface area contributed by atoms with Crippen LogP contribution in [-0.2, 0) is 9.47 Å². The quantitative estimate of drug-likeness (QED) is 0.499. The Balaban J connectivity index is 3.20. The van der Waals surface area contributed by atoms with E-state index in [1.54, 1.807) is 0 Å². The molecule has 0 atom stereocenters. The minimum Gasteiger partial charge on any atom is -0.379 e. The summed E-state index contributed by atoms with van der Waals surface area (Å²) in [6.45, 7) is -0.796. The Bertz CT molecular complexity index is 145. The van der Waals surface area contributed by atoms with Crippen LogP contribution >= 0.6 is 0 Å². The average molecular weight is 236 g/mol. The van der Waals surface area contributed by atoms with E-state index in [9.17, 15) is 22.0 Å². The molecule has 92 valence electrons. The SMILES string of the molecule is CC(F)(F)COCCOCCC(F)(F)F. The highest BCUT2D eigenvalue weighted by molar-refractivity contribution is 4.54. The maximum atomic E-state index is 12.1. The van der Waals surface area contributed by atoms with Gasteiger partial charge in [0.05, 0.1) is 26.2 Å². The zero-order valence-electron chi connectivity index (χ0n) is 8.24. The molecular formula is C8H13F5O2. The van der Waals surface area contributed by atoms with Crippen molar-refractivity contribution in [1.29, 1.82) is 0 Å². The van der Waals surface area contributed by atoms with Gasteiger partial charge in [-0.1, -0.05) is 0 Å². The molecule has 0 fully saturated rings. The van der Waals surface area contributed by atoms with Crippen LogP contribution in [0.1, 0.15) is 13.3 Å². The molecule has 0 radical (unpaired) electrons. The van der Waals surface area contributed by atoms with Crippen molar-refractivity contribution in [3.05, 3.63) is 0 Å². The van der Waals surface area contributed by atoms with Crippen LogP contribution in [0.15, 0.2) is 0 Å². The van der Waals surface area contributed by atoms with Gasteiger partial charge in [-0.25, -0.2) is 8.78 Å². The molecule has 0 saturated carbocycles. The molecule has 0 saturated heterocycles. The van der Waals surface area contributed by atoms with E-state index in [-0.39, 0.29) is 13.2 Å². The van der Waals surface area contributed by atoms with Crippen LogP contribution < -0.4 is 0 Å². The summed E-state index contributed by atoms with van der Waals surface area (Å²) in [4.78, 5) is 0. The third-order valence-corrected chi connectivity index (χ3v) is 1.26. The van der Waals surface area contributed by atoms with Crippen LogP contribution in [0.4, 0.5) is 22.0 Å². The molecule has 0 rings (SSSR count). The second-order valence-electron chi connectivity index (χ2n) is 3.10. The van der Waals surface area contributed by atoms with Crippen molar-refractivity contribution in [2.45, 2.75) is 25.4 Å². The normalized spacial score (nSPS) is 13.2. The maximum Gasteiger partial charge on any atom is 0.391 e. The van der Waals surface area contributed by atoms with Crippen molar-refractivity contribution in [2.24, 2.45) is 0 Å². The predicted molar refractivity (Wildman–Crippen MR) is 42.9 cm³/mol. The van der Waals surface area contributed by atoms with Crippen molar-refractivity contribution in [3.8, 4) is 0 Å². The summed E-state index contributed by atoms with van der Waals surface area (Å²) in [5.41, 5.74) is 0. The summed E-state index contributed by atoms with van der Waals surface area (Å²) in [6.07, 6.45) is -5.30. The number of rotatable bonds is 7. The molecule has 0 aliphatic rings. The van der Waals surface area contributed by atoms with Crippen LogP contribution in [0.3, 0.4) is 0 Å². The third kappa shape index (κ3) is 13.6. The Morgan fingerprint density at radius 2 is 1.40 bits per heavy atom. The third-order valence-electron chi connectivity index (χ3n) is 1.26. The van der Waals surface area contributed by atoms with E-state index >= 15 is 0 Å². The van der Waals surface area contributed by atoms with E-state index in [0.717, 1.165) is 0 Å². The first kappa shape index (κ1) is 14.6. The molecule has 0 aromatic rings. The summed E-state index contributed by atoms with van der Waals surface area (Å²) in [5, 5.41) is 0. The van der Waals surface area contributed by atoms with E-state index in [2.05, 4.69) is 9.47 Å². The van der Waals surface area contributed by atoms with Gasteiger partial charge in [0.2, 0.25) is 0 Å². The Kier molecular flexibility index (Phi) is 6.04. The van der Waals surface area contributed by atoms with Gasteiger partial charge in [-0.3, -0.25) is 0 Å². The van der Waals surface area contributed by atoms with Crippen LogP contribution in [0.2, 0.25) is 0 Å². The van der Waals surface area contributed by atoms with Gasteiger partial charge in [0.1, 0.15) is 6.61 Å². The van der Waals surface area contributed by atoms with E-state index in [1.807, 2.05) is 0 Å². The fourth-order valence-corrected chi connectivity index (χ4v) is 0.659. The standard InChI is InChI=1S/C8H13F5O2/c1-7(9,10)6-15-5-4-14-3-2-8(11,12)13/h2-6H2,1H3. The highest BCUT2D eigenvalue weighted by Gasteiger charge is 2.26. The summed E-state index contributed by atoms with van der Waals surface area (Å²) in [7, 11) is 0. The number of alkyl halides is 5. The Labute approximate surface area is 84.3 Å². The fourth-order valence-electron chi connectivity index (χ4n) is 0.659. The highest BCUT2D eigenvalue weighted by Crippen LogP contribution is 2.18. The monoisotopic (exact) mass is 236 g/mol. The molecule has 0 aromatic heterocycles. The maximum absolute atomic E-state index is 12.1. The van der Waals surface area contributed by atoms with Gasteiger partial charge in [0, 0.05) is 6.92 Å². The predicted octanol–water partition coefficient (Wildman–Crippen LogP) is 2.63. The molecule has 0 spiro atoms. The van der Waals surface area contributed by atoms with Crippen LogP contribution in [0.25, 0.3) is 0 Å². The van der Waals surface area contributed by atoms with Gasteiger partial charge in [0.25, 0.3) is 5.92 Å². The molecule has 0 aliphatic heterocycles. The molecule has 0 aliphatic carbocycles. The van der Waals surface area contributed by atoms with Crippen LogP contribution in [-0.4, -0.2) is 38.5 Å². The van der Waals surface area contributed by atoms with Crippen molar-refractivity contribution < 1.29 is 31.4 Å². The van der Waals surface area contributed by atoms with E-state index in [4.69, 9.17) is 0 Å². The van der Waals surface area contributed by atoms with Gasteiger partial charge in [0.15, 0.2) is 0 Å². The van der Waals surface area contributed by atoms with Crippen molar-refractivity contribution >= 4 is 0 Å². The van der Waals surface area contributed by atoms with Gasteiger partial charge >= 0.3 is 6.18 Å². The van der Waals surface area contributed by atoms with E-state index in [0.29, 0.717) is 6.92 Å². The molecular weight excluding hydrogens is 223 g/mol. The number of hydrogen-bond donors (Lipinski definition) is 0. The van der Waals surface area contributed by atoms with Gasteiger partial charge in [-0.15, -0.1) is 0 Å². The summed E-state index contributed by atoms with van der Waals surface area (Å²) in [5.74, 6) is -2.92. The van der Waals surface area contributed by atoms with Crippen LogP contribution in [0.5, 0.6) is 0 Å². The Hall–Kier alpha value is -0.430. The first-order chi connectivity index (χ1) is 6.71. The van der Waals surface area contributed by atoms with Crippen molar-refractivity contribution in [1.82, 2.24) is 0 Å². The lowest BCUT2D eigenvalue weighted by atomic mass is 10.4. The van der Waals surface area contributed by atoms with Crippen LogP contribution in [0, 0.1) is 0 Å². The average Bonchev–Trinajstić information content (AvgIpc) is 1.98. The van der Waals surface area contributed by atoms with Gasteiger partial charge in [-0.2, -0.15) is 13.2 Å². The zero-order chi connectivity index (χ0) is 11.9. The zero-order valence-corrected chi connectivity index (χ0v) is 8.24. The minimum absolute atomic E-state index is 0.119. The van der Waals surface area contributed by atoms with Crippen molar-refractivity contribution in [3.63, 3.8) is 0 Å². The molecule has 0 aromatic carbocycles. The smallest absolute Gasteiger partial charge is 0.379 e. The fraction of sp³-hybridized carbons (Fsp3) is 1.00. The molecule has 0 heterocycles. The summed E-state index contributed by atoms with van der Waals surface area (Å²) in [6, 6.07) is 0. The second-order valence-corrected chi connectivity index (χ2v) is 3.10. The minimum atomic E-state index is -4.25. The van der Waals surface area contributed by atoms with Gasteiger partial charge < -0.3 is 9.47 Å². The molecule has 0 bridgehead atoms. The first-order valence-electron chi connectivity index (χ1n) is 4.31. The lowest BCUT2D eigenvalue weighted by Crippen LogP contribution is -2.20. The van der Waals surface area contributed by atoms with E-state index < -0.39 is 31.7 Å². The number of ether oxygens (including phenoxy) is 2. The number of halogens is 5. The largest absolute Gasteiger partial charge is 0.391 e. The molecule has 2 nitrogen and oxygen atoms in total. The lowest BCUT2D eigenvalue weighted by Gasteiger charge is -2.11. The van der Waals surface area contributed by atoms with E-state index in [1.165, 1.54) is 0 Å². The van der Waals surface area contributed by atoms with Gasteiger partial charge in [-0.05, 0) is 0 Å². The number of hydrogen-bond acceptors (Lipinski definition) is 2. The molecule has 0 N–H and O–H groups in total. The summed E-state index contributed by atoms with van der Waals surface area (Å²) >= 11 is 0. The second kappa shape index (κ2) is 6.22. The Morgan fingerprint density at radius 3 is 1.87 bits per heavy atom. The lowest BCUT2D eigenvalue weighted by molar-refractivity contribution is -0.146. The van der Waals surface area contributed by atoms with Crippen molar-refractivity contribution in [2.75, 3.05) is 26.4 Å². The molecule has 7 heteroatoms. The molecule has 15 heavy (non-hydrogen) atoms. The molecule has 0 amide bonds. The topological polar surface area (TPSA) is 18.5 Å². The Morgan fingerprint density at radius 1 is 0.867 bits per heavy atom. The summed E-state index contributed by atoms with van der Waals surface area (Å²) < 4.78 is 68.0. The highest BCUT2D eigenvalue weighted by atomic mass is 19.4. The first-order valence-corrected chi connectivity index (χ1v) is 4.31. The molecule has 0 unspecified atom stereocenters.